The van der Waals surface area contributed by atoms with Crippen molar-refractivity contribution in [2.75, 3.05) is 0 Å². The largest absolute Gasteiger partial charge is 0.420 e. The average Bonchev–Trinajstić information content (AvgIpc) is 2.82. The van der Waals surface area contributed by atoms with Crippen molar-refractivity contribution >= 4 is 28.5 Å². The number of ketones is 1. The highest BCUT2D eigenvalue weighted by atomic mass is 35.5. The van der Waals surface area contributed by atoms with Crippen molar-refractivity contribution < 1.29 is 9.21 Å². The van der Waals surface area contributed by atoms with Gasteiger partial charge in [0.15, 0.2) is 11.4 Å². The van der Waals surface area contributed by atoms with Crippen LogP contribution in [0.1, 0.15) is 15.9 Å². The Morgan fingerprint density at radius 2 is 2.00 bits per heavy atom. The molecule has 0 radical (unpaired) electrons. The summed E-state index contributed by atoms with van der Waals surface area (Å²) >= 11 is 5.88. The van der Waals surface area contributed by atoms with Crippen LogP contribution in [-0.4, -0.2) is 10.4 Å². The molecule has 0 saturated heterocycles. The first-order valence-corrected chi connectivity index (χ1v) is 6.78. The summed E-state index contributed by atoms with van der Waals surface area (Å²) in [6.07, 6.45) is 0. The number of nitriles is 1. The second kappa shape index (κ2) is 5.51. The average molecular weight is 313 g/mol. The van der Waals surface area contributed by atoms with E-state index in [0.717, 1.165) is 0 Å². The maximum absolute atomic E-state index is 12.4. The quantitative estimate of drug-likeness (QED) is 0.697. The van der Waals surface area contributed by atoms with E-state index in [1.165, 1.54) is 10.6 Å². The Morgan fingerprint density at radius 3 is 2.73 bits per heavy atom. The second-order valence-corrected chi connectivity index (χ2v) is 5.07. The van der Waals surface area contributed by atoms with Crippen LogP contribution in [0, 0.1) is 11.3 Å². The predicted octanol–water partition coefficient (Wildman–Crippen LogP) is 3.00. The molecule has 0 aliphatic rings. The molecular weight excluding hydrogens is 304 g/mol. The van der Waals surface area contributed by atoms with Crippen LogP contribution in [0.4, 0.5) is 0 Å². The van der Waals surface area contributed by atoms with Crippen LogP contribution in [-0.2, 0) is 6.54 Å². The first-order valence-electron chi connectivity index (χ1n) is 6.41. The van der Waals surface area contributed by atoms with Crippen molar-refractivity contribution in [1.82, 2.24) is 4.57 Å². The topological polar surface area (TPSA) is 76.0 Å². The molecule has 1 aromatic heterocycles. The summed E-state index contributed by atoms with van der Waals surface area (Å²) in [5, 5.41) is 9.19. The number of fused-ring (bicyclic) bond motifs is 1. The van der Waals surface area contributed by atoms with Gasteiger partial charge in [-0.1, -0.05) is 23.7 Å². The molecule has 0 saturated carbocycles. The van der Waals surface area contributed by atoms with Crippen molar-refractivity contribution in [3.8, 4) is 6.07 Å². The van der Waals surface area contributed by atoms with E-state index in [-0.39, 0.29) is 17.9 Å². The lowest BCUT2D eigenvalue weighted by Gasteiger charge is -2.02. The number of aromatic nitrogens is 1. The molecular formula is C16H9ClN2O3. The number of oxazole rings is 1. The zero-order valence-electron chi connectivity index (χ0n) is 11.2. The summed E-state index contributed by atoms with van der Waals surface area (Å²) in [5.74, 6) is -0.844. The molecule has 2 aromatic carbocycles. The van der Waals surface area contributed by atoms with E-state index in [0.29, 0.717) is 21.7 Å². The maximum Gasteiger partial charge on any atom is 0.420 e. The van der Waals surface area contributed by atoms with E-state index in [2.05, 4.69) is 0 Å². The Bertz CT molecular complexity index is 979. The highest BCUT2D eigenvalue weighted by molar-refractivity contribution is 6.31. The van der Waals surface area contributed by atoms with E-state index in [1.54, 1.807) is 36.4 Å². The molecule has 1 heterocycles. The Labute approximate surface area is 130 Å². The van der Waals surface area contributed by atoms with Crippen molar-refractivity contribution in [3.63, 3.8) is 0 Å². The van der Waals surface area contributed by atoms with Crippen molar-refractivity contribution in [3.05, 3.63) is 69.2 Å². The van der Waals surface area contributed by atoms with Gasteiger partial charge < -0.3 is 4.42 Å². The third-order valence-corrected chi connectivity index (χ3v) is 3.48. The van der Waals surface area contributed by atoms with Gasteiger partial charge in [0, 0.05) is 16.1 Å². The van der Waals surface area contributed by atoms with Gasteiger partial charge in [-0.15, -0.1) is 0 Å². The summed E-state index contributed by atoms with van der Waals surface area (Å²) in [4.78, 5) is 24.1. The first-order chi connectivity index (χ1) is 10.6. The number of hydrogen-bond donors (Lipinski definition) is 0. The van der Waals surface area contributed by atoms with Gasteiger partial charge in [-0.25, -0.2) is 4.79 Å². The Morgan fingerprint density at radius 1 is 1.23 bits per heavy atom. The lowest BCUT2D eigenvalue weighted by Crippen LogP contribution is -2.12. The van der Waals surface area contributed by atoms with E-state index in [4.69, 9.17) is 21.3 Å². The van der Waals surface area contributed by atoms with Crippen LogP contribution < -0.4 is 5.76 Å². The molecule has 6 heteroatoms. The molecule has 0 aliphatic carbocycles. The SMILES string of the molecule is N#CCn1c(=O)oc2cc(C(=O)c3cccc(Cl)c3)ccc21. The summed E-state index contributed by atoms with van der Waals surface area (Å²) in [7, 11) is 0. The van der Waals surface area contributed by atoms with Gasteiger partial charge in [0.25, 0.3) is 0 Å². The standard InChI is InChI=1S/C16H9ClN2O3/c17-12-3-1-2-10(8-12)15(20)11-4-5-13-14(9-11)22-16(21)19(13)7-6-18/h1-5,8-9H,7H2. The number of nitrogens with zero attached hydrogens (tertiary/aromatic N) is 2. The summed E-state index contributed by atoms with van der Waals surface area (Å²) in [6, 6.07) is 13.2. The molecule has 0 N–H and O–H groups in total. The van der Waals surface area contributed by atoms with E-state index < -0.39 is 5.76 Å². The summed E-state index contributed by atoms with van der Waals surface area (Å²) in [6.45, 7) is -0.104. The Kier molecular flexibility index (Phi) is 3.53. The third kappa shape index (κ3) is 2.41. The third-order valence-electron chi connectivity index (χ3n) is 3.25. The van der Waals surface area contributed by atoms with Crippen molar-refractivity contribution in [1.29, 1.82) is 5.26 Å². The molecule has 0 bridgehead atoms. The monoisotopic (exact) mass is 312 g/mol. The van der Waals surface area contributed by atoms with Gasteiger partial charge in [-0.05, 0) is 30.3 Å². The van der Waals surface area contributed by atoms with Crippen LogP contribution in [0.25, 0.3) is 11.1 Å². The fourth-order valence-electron chi connectivity index (χ4n) is 2.22. The Balaban J connectivity index is 2.08. The molecule has 0 spiro atoms. The second-order valence-electron chi connectivity index (χ2n) is 4.63. The van der Waals surface area contributed by atoms with Crippen LogP contribution in [0.15, 0.2) is 51.7 Å². The molecule has 108 valence electrons. The first kappa shape index (κ1) is 14.1. The van der Waals surface area contributed by atoms with Gasteiger partial charge in [-0.3, -0.25) is 9.36 Å². The number of carbonyl (C=O) groups is 1. The molecule has 0 amide bonds. The number of hydrogen-bond acceptors (Lipinski definition) is 4. The molecule has 5 nitrogen and oxygen atoms in total. The molecule has 0 aliphatic heterocycles. The van der Waals surface area contributed by atoms with Gasteiger partial charge in [0.1, 0.15) is 6.54 Å². The van der Waals surface area contributed by atoms with Gasteiger partial charge in [0.05, 0.1) is 11.6 Å². The van der Waals surface area contributed by atoms with Crippen LogP contribution in [0.5, 0.6) is 0 Å². The highest BCUT2D eigenvalue weighted by Gasteiger charge is 2.14. The number of halogens is 1. The normalized spacial score (nSPS) is 10.5. The number of carbonyl (C=O) groups excluding carboxylic acids is 1. The van der Waals surface area contributed by atoms with Gasteiger partial charge in [-0.2, -0.15) is 5.26 Å². The van der Waals surface area contributed by atoms with Crippen LogP contribution in [0.2, 0.25) is 5.02 Å². The predicted molar refractivity (Wildman–Crippen MR) is 81.0 cm³/mol. The molecule has 0 atom stereocenters. The fourth-order valence-corrected chi connectivity index (χ4v) is 2.41. The van der Waals surface area contributed by atoms with Crippen LogP contribution >= 0.6 is 11.6 Å². The lowest BCUT2D eigenvalue weighted by atomic mass is 10.0. The molecule has 0 fully saturated rings. The minimum absolute atomic E-state index is 0.104. The van der Waals surface area contributed by atoms with E-state index >= 15 is 0 Å². The lowest BCUT2D eigenvalue weighted by molar-refractivity contribution is 0.103. The zero-order valence-corrected chi connectivity index (χ0v) is 12.0. The van der Waals surface area contributed by atoms with E-state index in [9.17, 15) is 9.59 Å². The van der Waals surface area contributed by atoms with Gasteiger partial charge >= 0.3 is 5.76 Å². The Hall–Kier alpha value is -2.84. The molecule has 22 heavy (non-hydrogen) atoms. The van der Waals surface area contributed by atoms with Crippen molar-refractivity contribution in [2.45, 2.75) is 6.54 Å². The van der Waals surface area contributed by atoms with Gasteiger partial charge in [0.2, 0.25) is 0 Å². The maximum atomic E-state index is 12.4. The smallest absolute Gasteiger partial charge is 0.408 e. The molecule has 0 unspecified atom stereocenters. The summed E-state index contributed by atoms with van der Waals surface area (Å²) in [5.41, 5.74) is 1.58. The minimum Gasteiger partial charge on any atom is -0.408 e. The zero-order chi connectivity index (χ0) is 15.7. The van der Waals surface area contributed by atoms with Crippen LogP contribution in [0.3, 0.4) is 0 Å². The molecule has 3 rings (SSSR count). The summed E-state index contributed by atoms with van der Waals surface area (Å²) < 4.78 is 6.29. The van der Waals surface area contributed by atoms with Crippen molar-refractivity contribution in [2.24, 2.45) is 0 Å². The number of rotatable bonds is 3. The van der Waals surface area contributed by atoms with E-state index in [1.807, 2.05) is 6.07 Å². The number of benzene rings is 2. The fraction of sp³-hybridized carbons (Fsp3) is 0.0625. The molecule has 3 aromatic rings. The minimum atomic E-state index is -0.621. The highest BCUT2D eigenvalue weighted by Crippen LogP contribution is 2.19.